The maximum absolute atomic E-state index is 12.6. The van der Waals surface area contributed by atoms with Crippen molar-refractivity contribution in [2.24, 2.45) is 0 Å². The largest absolute Gasteiger partial charge is 0.334 e. The minimum Gasteiger partial charge on any atom is -0.334 e. The van der Waals surface area contributed by atoms with Crippen molar-refractivity contribution in [2.45, 2.75) is 46.7 Å². The van der Waals surface area contributed by atoms with E-state index in [1.807, 2.05) is 48.2 Å². The van der Waals surface area contributed by atoms with Gasteiger partial charge in [-0.15, -0.1) is 0 Å². The number of carbonyl (C=O) groups excluding carboxylic acids is 1. The normalized spacial score (nSPS) is 11.5. The van der Waals surface area contributed by atoms with E-state index in [4.69, 9.17) is 0 Å². The van der Waals surface area contributed by atoms with Gasteiger partial charge in [0.1, 0.15) is 0 Å². The first-order valence-electron chi connectivity index (χ1n) is 6.53. The lowest BCUT2D eigenvalue weighted by molar-refractivity contribution is 0.0643. The lowest BCUT2D eigenvalue weighted by Crippen LogP contribution is -2.42. The van der Waals surface area contributed by atoms with Crippen LogP contribution >= 0.6 is 0 Å². The van der Waals surface area contributed by atoms with E-state index in [2.05, 4.69) is 27.7 Å². The van der Waals surface area contributed by atoms with Gasteiger partial charge < -0.3 is 4.90 Å². The van der Waals surface area contributed by atoms with E-state index in [-0.39, 0.29) is 18.0 Å². The zero-order chi connectivity index (χ0) is 13.7. The molecule has 0 aromatic heterocycles. The number of carbonyl (C=O) groups is 1. The summed E-state index contributed by atoms with van der Waals surface area (Å²) < 4.78 is 0. The first-order chi connectivity index (χ1) is 8.49. The van der Waals surface area contributed by atoms with E-state index in [1.54, 1.807) is 0 Å². The van der Waals surface area contributed by atoms with Gasteiger partial charge >= 0.3 is 0 Å². The van der Waals surface area contributed by atoms with Gasteiger partial charge in [-0.2, -0.15) is 0 Å². The van der Waals surface area contributed by atoms with Crippen LogP contribution in [0.5, 0.6) is 0 Å². The van der Waals surface area contributed by atoms with Gasteiger partial charge in [-0.05, 0) is 46.2 Å². The van der Waals surface area contributed by atoms with Crippen molar-refractivity contribution >= 4 is 12.0 Å². The van der Waals surface area contributed by atoms with Crippen molar-refractivity contribution < 1.29 is 4.79 Å². The van der Waals surface area contributed by atoms with Crippen LogP contribution in [0.4, 0.5) is 0 Å². The maximum atomic E-state index is 12.6. The minimum absolute atomic E-state index is 0.105. The summed E-state index contributed by atoms with van der Waals surface area (Å²) in [6, 6.07) is 8.16. The summed E-state index contributed by atoms with van der Waals surface area (Å²) in [5.74, 6) is 0.105. The molecule has 0 saturated carbocycles. The van der Waals surface area contributed by atoms with Gasteiger partial charge in [-0.1, -0.05) is 30.4 Å². The topological polar surface area (TPSA) is 20.3 Å². The number of rotatable bonds is 4. The Labute approximate surface area is 110 Å². The van der Waals surface area contributed by atoms with Gasteiger partial charge in [0.25, 0.3) is 5.91 Å². The molecule has 0 spiro atoms. The summed E-state index contributed by atoms with van der Waals surface area (Å²) in [5.41, 5.74) is 1.76. The molecule has 0 fully saturated rings. The monoisotopic (exact) mass is 245 g/mol. The molecule has 0 heterocycles. The van der Waals surface area contributed by atoms with E-state index in [9.17, 15) is 4.79 Å². The molecule has 1 aromatic carbocycles. The number of hydrogen-bond donors (Lipinski definition) is 0. The Balaban J connectivity index is 3.16. The SMILES string of the molecule is C/C=C/c1ccccc1C(=O)N(C(C)C)C(C)C. The zero-order valence-electron chi connectivity index (χ0n) is 12.0. The molecule has 0 unspecified atom stereocenters. The molecule has 2 heteroatoms. The molecule has 0 aliphatic carbocycles. The highest BCUT2D eigenvalue weighted by Gasteiger charge is 2.22. The molecule has 2 nitrogen and oxygen atoms in total. The predicted octanol–water partition coefficient (Wildman–Crippen LogP) is 3.98. The average molecular weight is 245 g/mol. The molecular formula is C16H23NO. The Morgan fingerprint density at radius 3 is 2.17 bits per heavy atom. The lowest BCUT2D eigenvalue weighted by Gasteiger charge is -2.31. The lowest BCUT2D eigenvalue weighted by atomic mass is 10.0. The summed E-state index contributed by atoms with van der Waals surface area (Å²) in [6.07, 6.45) is 3.94. The van der Waals surface area contributed by atoms with Crippen molar-refractivity contribution in [1.29, 1.82) is 0 Å². The fourth-order valence-electron chi connectivity index (χ4n) is 2.22. The Morgan fingerprint density at radius 1 is 1.11 bits per heavy atom. The molecular weight excluding hydrogens is 222 g/mol. The van der Waals surface area contributed by atoms with Crippen molar-refractivity contribution in [3.05, 3.63) is 41.5 Å². The van der Waals surface area contributed by atoms with Crippen LogP contribution in [-0.4, -0.2) is 22.9 Å². The van der Waals surface area contributed by atoms with Crippen molar-refractivity contribution in [2.75, 3.05) is 0 Å². The number of hydrogen-bond acceptors (Lipinski definition) is 1. The van der Waals surface area contributed by atoms with E-state index in [0.717, 1.165) is 11.1 Å². The maximum Gasteiger partial charge on any atom is 0.254 e. The smallest absolute Gasteiger partial charge is 0.254 e. The van der Waals surface area contributed by atoms with Crippen molar-refractivity contribution in [3.63, 3.8) is 0 Å². The van der Waals surface area contributed by atoms with Gasteiger partial charge in [0.2, 0.25) is 0 Å². The van der Waals surface area contributed by atoms with E-state index < -0.39 is 0 Å². The van der Waals surface area contributed by atoms with Crippen LogP contribution in [0, 0.1) is 0 Å². The second-order valence-electron chi connectivity index (χ2n) is 4.99. The molecule has 0 aliphatic heterocycles. The third-order valence-electron chi connectivity index (χ3n) is 2.88. The van der Waals surface area contributed by atoms with Crippen LogP contribution in [0.15, 0.2) is 30.3 Å². The first kappa shape index (κ1) is 14.5. The minimum atomic E-state index is 0.105. The molecule has 0 radical (unpaired) electrons. The fourth-order valence-corrected chi connectivity index (χ4v) is 2.22. The summed E-state index contributed by atoms with van der Waals surface area (Å²) >= 11 is 0. The molecule has 0 N–H and O–H groups in total. The Hall–Kier alpha value is -1.57. The summed E-state index contributed by atoms with van der Waals surface area (Å²) in [5, 5.41) is 0. The molecule has 18 heavy (non-hydrogen) atoms. The molecule has 1 aromatic rings. The van der Waals surface area contributed by atoms with Crippen LogP contribution < -0.4 is 0 Å². The van der Waals surface area contributed by atoms with Gasteiger partial charge in [-0.3, -0.25) is 4.79 Å². The molecule has 0 aliphatic rings. The molecule has 0 saturated heterocycles. The highest BCUT2D eigenvalue weighted by Crippen LogP contribution is 2.17. The van der Waals surface area contributed by atoms with Gasteiger partial charge in [0.05, 0.1) is 0 Å². The second-order valence-corrected chi connectivity index (χ2v) is 4.99. The quantitative estimate of drug-likeness (QED) is 0.785. The number of nitrogens with zero attached hydrogens (tertiary/aromatic N) is 1. The summed E-state index contributed by atoms with van der Waals surface area (Å²) in [7, 11) is 0. The number of allylic oxidation sites excluding steroid dienone is 1. The van der Waals surface area contributed by atoms with Crippen molar-refractivity contribution in [1.82, 2.24) is 4.90 Å². The number of benzene rings is 1. The predicted molar refractivity (Wildman–Crippen MR) is 77.6 cm³/mol. The molecule has 98 valence electrons. The van der Waals surface area contributed by atoms with Crippen LogP contribution in [-0.2, 0) is 0 Å². The third-order valence-corrected chi connectivity index (χ3v) is 2.88. The van der Waals surface area contributed by atoms with Crippen LogP contribution in [0.2, 0.25) is 0 Å². The van der Waals surface area contributed by atoms with Crippen LogP contribution in [0.25, 0.3) is 6.08 Å². The highest BCUT2D eigenvalue weighted by molar-refractivity contribution is 5.98. The van der Waals surface area contributed by atoms with Gasteiger partial charge in [-0.25, -0.2) is 0 Å². The van der Waals surface area contributed by atoms with E-state index in [0.29, 0.717) is 0 Å². The second kappa shape index (κ2) is 6.39. The first-order valence-corrected chi connectivity index (χ1v) is 6.53. The zero-order valence-corrected chi connectivity index (χ0v) is 12.0. The molecule has 1 rings (SSSR count). The highest BCUT2D eigenvalue weighted by atomic mass is 16.2. The van der Waals surface area contributed by atoms with E-state index >= 15 is 0 Å². The van der Waals surface area contributed by atoms with Gasteiger partial charge in [0.15, 0.2) is 0 Å². The van der Waals surface area contributed by atoms with Crippen molar-refractivity contribution in [3.8, 4) is 0 Å². The molecule has 1 amide bonds. The fraction of sp³-hybridized carbons (Fsp3) is 0.438. The Morgan fingerprint density at radius 2 is 1.67 bits per heavy atom. The molecule has 0 atom stereocenters. The third kappa shape index (κ3) is 3.22. The number of amides is 1. The Bertz CT molecular complexity index is 424. The Kier molecular flexibility index (Phi) is 5.14. The van der Waals surface area contributed by atoms with E-state index in [1.165, 1.54) is 0 Å². The summed E-state index contributed by atoms with van der Waals surface area (Å²) in [6.45, 7) is 10.2. The van der Waals surface area contributed by atoms with Gasteiger partial charge in [0, 0.05) is 17.6 Å². The standard InChI is InChI=1S/C16H23NO/c1-6-9-14-10-7-8-11-15(14)16(18)17(12(2)3)13(4)5/h6-13H,1-5H3/b9-6+. The van der Waals surface area contributed by atoms with Crippen LogP contribution in [0.1, 0.15) is 50.5 Å². The summed E-state index contributed by atoms with van der Waals surface area (Å²) in [4.78, 5) is 14.5. The average Bonchev–Trinajstić information content (AvgIpc) is 2.29. The molecule has 0 bridgehead atoms. The van der Waals surface area contributed by atoms with Crippen LogP contribution in [0.3, 0.4) is 0 Å².